The summed E-state index contributed by atoms with van der Waals surface area (Å²) < 4.78 is 0. The number of amides is 1. The molecule has 0 saturated carbocycles. The molecule has 1 amide bonds. The highest BCUT2D eigenvalue weighted by Crippen LogP contribution is 2.17. The number of carboxylic acid groups (broad SMARTS) is 1. The average molecular weight is 266 g/mol. The first-order chi connectivity index (χ1) is 9.06. The summed E-state index contributed by atoms with van der Waals surface area (Å²) >= 11 is 0. The number of aliphatic carboxylic acids is 1. The van der Waals surface area contributed by atoms with E-state index in [1.165, 1.54) is 17.3 Å². The van der Waals surface area contributed by atoms with E-state index < -0.39 is 24.0 Å². The fourth-order valence-corrected chi connectivity index (χ4v) is 2.02. The van der Waals surface area contributed by atoms with Crippen LogP contribution < -0.4 is 5.32 Å². The van der Waals surface area contributed by atoms with E-state index in [2.05, 4.69) is 15.3 Å². The van der Waals surface area contributed by atoms with Crippen LogP contribution in [0.3, 0.4) is 0 Å². The van der Waals surface area contributed by atoms with Gasteiger partial charge in [-0.2, -0.15) is 0 Å². The van der Waals surface area contributed by atoms with E-state index in [0.717, 1.165) is 0 Å². The molecule has 2 unspecified atom stereocenters. The van der Waals surface area contributed by atoms with Gasteiger partial charge >= 0.3 is 5.97 Å². The van der Waals surface area contributed by atoms with Gasteiger partial charge in [0.2, 0.25) is 11.9 Å². The maximum atomic E-state index is 11.7. The van der Waals surface area contributed by atoms with Crippen molar-refractivity contribution in [2.75, 3.05) is 18.4 Å². The molecular formula is C11H14N4O4. The van der Waals surface area contributed by atoms with Crippen molar-refractivity contribution < 1.29 is 19.8 Å². The van der Waals surface area contributed by atoms with Crippen LogP contribution in [0.2, 0.25) is 0 Å². The minimum Gasteiger partial charge on any atom is -0.480 e. The zero-order valence-corrected chi connectivity index (χ0v) is 10.1. The van der Waals surface area contributed by atoms with Gasteiger partial charge in [0.1, 0.15) is 6.04 Å². The number of aliphatic hydroxyl groups is 1. The first kappa shape index (κ1) is 13.4. The lowest BCUT2D eigenvalue weighted by atomic mass is 10.2. The van der Waals surface area contributed by atoms with Crippen molar-refractivity contribution in [2.24, 2.45) is 0 Å². The predicted octanol–water partition coefficient (Wildman–Crippen LogP) is -1.07. The van der Waals surface area contributed by atoms with Gasteiger partial charge in [0, 0.05) is 25.4 Å². The third kappa shape index (κ3) is 3.46. The highest BCUT2D eigenvalue weighted by atomic mass is 16.4. The Morgan fingerprint density at radius 2 is 2.11 bits per heavy atom. The van der Waals surface area contributed by atoms with Gasteiger partial charge in [-0.15, -0.1) is 0 Å². The van der Waals surface area contributed by atoms with Gasteiger partial charge in [0.15, 0.2) is 0 Å². The minimum atomic E-state index is -1.04. The Morgan fingerprint density at radius 3 is 2.74 bits per heavy atom. The van der Waals surface area contributed by atoms with Crippen molar-refractivity contribution in [1.82, 2.24) is 14.9 Å². The molecule has 19 heavy (non-hydrogen) atoms. The van der Waals surface area contributed by atoms with Crippen molar-refractivity contribution >= 4 is 17.8 Å². The Hall–Kier alpha value is -2.06. The Balaban J connectivity index is 1.93. The van der Waals surface area contributed by atoms with Crippen molar-refractivity contribution in [2.45, 2.75) is 18.6 Å². The standard InChI is InChI=1S/C11H14N4O4/c16-7-4-8(10(18)19)15(5-7)6-9(17)14-11-12-2-1-3-13-11/h1-3,7-8,16H,4-6H2,(H,18,19)(H,12,13,14,17). The average Bonchev–Trinajstić information content (AvgIpc) is 2.71. The van der Waals surface area contributed by atoms with Gasteiger partial charge in [-0.05, 0) is 6.07 Å². The van der Waals surface area contributed by atoms with Crippen LogP contribution in [0.25, 0.3) is 0 Å². The summed E-state index contributed by atoms with van der Waals surface area (Å²) in [4.78, 5) is 31.8. The number of anilines is 1. The van der Waals surface area contributed by atoms with Gasteiger partial charge in [-0.3, -0.25) is 19.8 Å². The normalized spacial score (nSPS) is 23.2. The topological polar surface area (TPSA) is 116 Å². The molecule has 0 aliphatic carbocycles. The Kier molecular flexibility index (Phi) is 4.03. The quantitative estimate of drug-likeness (QED) is 0.635. The van der Waals surface area contributed by atoms with Crippen molar-refractivity contribution in [3.63, 3.8) is 0 Å². The Bertz CT molecular complexity index is 467. The van der Waals surface area contributed by atoms with E-state index in [1.807, 2.05) is 0 Å². The predicted molar refractivity (Wildman–Crippen MR) is 64.3 cm³/mol. The molecule has 2 atom stereocenters. The van der Waals surface area contributed by atoms with E-state index in [-0.39, 0.29) is 25.5 Å². The monoisotopic (exact) mass is 266 g/mol. The maximum Gasteiger partial charge on any atom is 0.321 e. The second-order valence-corrected chi connectivity index (χ2v) is 4.29. The van der Waals surface area contributed by atoms with Crippen molar-refractivity contribution in [3.8, 4) is 0 Å². The summed E-state index contributed by atoms with van der Waals surface area (Å²) in [7, 11) is 0. The Labute approximate surface area is 109 Å². The first-order valence-corrected chi connectivity index (χ1v) is 5.78. The molecule has 0 aromatic carbocycles. The summed E-state index contributed by atoms with van der Waals surface area (Å²) in [5.74, 6) is -1.29. The molecule has 0 radical (unpaired) electrons. The summed E-state index contributed by atoms with van der Waals surface area (Å²) in [6, 6.07) is 0.782. The van der Waals surface area contributed by atoms with Crippen LogP contribution in [-0.2, 0) is 9.59 Å². The summed E-state index contributed by atoms with van der Waals surface area (Å²) in [5, 5.41) is 20.9. The number of β-amino-alcohol motifs (C(OH)–C–C–N with tert-alkyl or cyclic N) is 1. The van der Waals surface area contributed by atoms with Gasteiger partial charge < -0.3 is 10.2 Å². The molecule has 1 aliphatic heterocycles. The lowest BCUT2D eigenvalue weighted by molar-refractivity contribution is -0.142. The smallest absolute Gasteiger partial charge is 0.321 e. The zero-order valence-electron chi connectivity index (χ0n) is 10.1. The van der Waals surface area contributed by atoms with Crippen LogP contribution in [-0.4, -0.2) is 62.2 Å². The Morgan fingerprint density at radius 1 is 1.42 bits per heavy atom. The summed E-state index contributed by atoms with van der Waals surface area (Å²) in [5.41, 5.74) is 0. The molecule has 8 heteroatoms. The van der Waals surface area contributed by atoms with Crippen LogP contribution >= 0.6 is 0 Å². The van der Waals surface area contributed by atoms with Crippen LogP contribution in [0.15, 0.2) is 18.5 Å². The molecule has 1 fully saturated rings. The summed E-state index contributed by atoms with van der Waals surface area (Å²) in [6.07, 6.45) is 2.39. The molecular weight excluding hydrogens is 252 g/mol. The highest BCUT2D eigenvalue weighted by molar-refractivity contribution is 5.91. The van der Waals surface area contributed by atoms with E-state index in [4.69, 9.17) is 5.11 Å². The van der Waals surface area contributed by atoms with Crippen LogP contribution in [0, 0.1) is 0 Å². The lowest BCUT2D eigenvalue weighted by Gasteiger charge is -2.19. The van der Waals surface area contributed by atoms with E-state index in [1.54, 1.807) is 6.07 Å². The second-order valence-electron chi connectivity index (χ2n) is 4.29. The number of likely N-dealkylation sites (tertiary alicyclic amines) is 1. The van der Waals surface area contributed by atoms with E-state index >= 15 is 0 Å². The SMILES string of the molecule is O=C(CN1CC(O)CC1C(=O)O)Nc1ncccn1. The van der Waals surface area contributed by atoms with Crippen molar-refractivity contribution in [3.05, 3.63) is 18.5 Å². The van der Waals surface area contributed by atoms with Crippen LogP contribution in [0.5, 0.6) is 0 Å². The largest absolute Gasteiger partial charge is 0.480 e. The second kappa shape index (κ2) is 5.72. The number of nitrogens with zero attached hydrogens (tertiary/aromatic N) is 3. The molecule has 0 spiro atoms. The van der Waals surface area contributed by atoms with Gasteiger partial charge in [0.05, 0.1) is 12.6 Å². The zero-order chi connectivity index (χ0) is 13.8. The molecule has 1 aromatic rings. The molecule has 102 valence electrons. The molecule has 2 heterocycles. The van der Waals surface area contributed by atoms with Gasteiger partial charge in [-0.1, -0.05) is 0 Å². The van der Waals surface area contributed by atoms with E-state index in [9.17, 15) is 14.7 Å². The maximum absolute atomic E-state index is 11.7. The third-order valence-electron chi connectivity index (χ3n) is 2.83. The van der Waals surface area contributed by atoms with Crippen LogP contribution in [0.4, 0.5) is 5.95 Å². The number of hydrogen-bond donors (Lipinski definition) is 3. The van der Waals surface area contributed by atoms with E-state index in [0.29, 0.717) is 0 Å². The molecule has 0 bridgehead atoms. The number of rotatable bonds is 4. The number of carbonyl (C=O) groups is 2. The fraction of sp³-hybridized carbons (Fsp3) is 0.455. The number of hydrogen-bond acceptors (Lipinski definition) is 6. The minimum absolute atomic E-state index is 0.119. The summed E-state index contributed by atoms with van der Waals surface area (Å²) in [6.45, 7) is 0.0479. The third-order valence-corrected chi connectivity index (χ3v) is 2.83. The number of aromatic nitrogens is 2. The lowest BCUT2D eigenvalue weighted by Crippen LogP contribution is -2.41. The van der Waals surface area contributed by atoms with Gasteiger partial charge in [0.25, 0.3) is 0 Å². The van der Waals surface area contributed by atoms with Crippen LogP contribution in [0.1, 0.15) is 6.42 Å². The number of aliphatic hydroxyl groups excluding tert-OH is 1. The molecule has 1 aliphatic rings. The molecule has 1 saturated heterocycles. The number of nitrogens with one attached hydrogen (secondary N) is 1. The van der Waals surface area contributed by atoms with Gasteiger partial charge in [-0.25, -0.2) is 9.97 Å². The van der Waals surface area contributed by atoms with Crippen molar-refractivity contribution in [1.29, 1.82) is 0 Å². The fourth-order valence-electron chi connectivity index (χ4n) is 2.02. The number of carbonyl (C=O) groups excluding carboxylic acids is 1. The highest BCUT2D eigenvalue weighted by Gasteiger charge is 2.36. The first-order valence-electron chi connectivity index (χ1n) is 5.78. The molecule has 1 aromatic heterocycles. The molecule has 3 N–H and O–H groups in total. The number of carboxylic acids is 1. The molecule has 8 nitrogen and oxygen atoms in total. The molecule has 2 rings (SSSR count).